The van der Waals surface area contributed by atoms with Crippen LogP contribution in [-0.4, -0.2) is 32.9 Å². The molecule has 0 atom stereocenters. The van der Waals surface area contributed by atoms with E-state index in [9.17, 15) is 22.4 Å². The Bertz CT molecular complexity index is 929. The SMILES string of the molecule is CC(C)NS(=O)(=O)c1ccc(C(=O)NNC(=O)COc2ccc(F)cc2)cc1. The van der Waals surface area contributed by atoms with E-state index in [1.807, 2.05) is 0 Å². The van der Waals surface area contributed by atoms with Crippen LogP contribution in [0.15, 0.2) is 53.4 Å². The third-order valence-corrected chi connectivity index (χ3v) is 4.99. The van der Waals surface area contributed by atoms with Gasteiger partial charge in [-0.3, -0.25) is 20.4 Å². The van der Waals surface area contributed by atoms with Crippen molar-refractivity contribution in [3.8, 4) is 5.75 Å². The lowest BCUT2D eigenvalue weighted by molar-refractivity contribution is -0.123. The molecular weight excluding hydrogens is 389 g/mol. The summed E-state index contributed by atoms with van der Waals surface area (Å²) in [5, 5.41) is 0. The van der Waals surface area contributed by atoms with E-state index < -0.39 is 27.7 Å². The quantitative estimate of drug-likeness (QED) is 0.598. The van der Waals surface area contributed by atoms with Crippen LogP contribution in [0.4, 0.5) is 4.39 Å². The fraction of sp³-hybridized carbons (Fsp3) is 0.222. The lowest BCUT2D eigenvalue weighted by atomic mass is 10.2. The largest absolute Gasteiger partial charge is 0.484 e. The van der Waals surface area contributed by atoms with E-state index in [2.05, 4.69) is 15.6 Å². The van der Waals surface area contributed by atoms with E-state index in [-0.39, 0.29) is 23.1 Å². The lowest BCUT2D eigenvalue weighted by Gasteiger charge is -2.11. The van der Waals surface area contributed by atoms with Gasteiger partial charge in [-0.1, -0.05) is 0 Å². The molecular formula is C18H20FN3O5S. The first-order chi connectivity index (χ1) is 13.2. The Labute approximate surface area is 162 Å². The molecule has 28 heavy (non-hydrogen) atoms. The summed E-state index contributed by atoms with van der Waals surface area (Å²) in [7, 11) is -3.66. The molecule has 2 aromatic carbocycles. The van der Waals surface area contributed by atoms with Crippen LogP contribution in [-0.2, 0) is 14.8 Å². The van der Waals surface area contributed by atoms with Crippen molar-refractivity contribution >= 4 is 21.8 Å². The van der Waals surface area contributed by atoms with Crippen LogP contribution in [0.3, 0.4) is 0 Å². The standard InChI is InChI=1S/C18H20FN3O5S/c1-12(2)22-28(25,26)16-9-3-13(4-10-16)18(24)21-20-17(23)11-27-15-7-5-14(19)6-8-15/h3-10,12,22H,11H2,1-2H3,(H,20,23)(H,21,24). The number of nitrogens with one attached hydrogen (secondary N) is 3. The number of rotatable bonds is 7. The van der Waals surface area contributed by atoms with Crippen molar-refractivity contribution in [3.63, 3.8) is 0 Å². The molecule has 0 unspecified atom stereocenters. The van der Waals surface area contributed by atoms with Crippen LogP contribution in [0.5, 0.6) is 5.75 Å². The van der Waals surface area contributed by atoms with Gasteiger partial charge in [0.2, 0.25) is 10.0 Å². The number of benzene rings is 2. The van der Waals surface area contributed by atoms with E-state index in [0.29, 0.717) is 5.75 Å². The van der Waals surface area contributed by atoms with Gasteiger partial charge in [0.25, 0.3) is 11.8 Å². The van der Waals surface area contributed by atoms with Crippen LogP contribution >= 0.6 is 0 Å². The Morgan fingerprint density at radius 1 is 1.00 bits per heavy atom. The lowest BCUT2D eigenvalue weighted by Crippen LogP contribution is -2.43. The van der Waals surface area contributed by atoms with E-state index >= 15 is 0 Å². The van der Waals surface area contributed by atoms with E-state index in [1.165, 1.54) is 48.5 Å². The van der Waals surface area contributed by atoms with Gasteiger partial charge in [-0.25, -0.2) is 17.5 Å². The molecule has 0 aromatic heterocycles. The predicted molar refractivity (Wildman–Crippen MR) is 99.4 cm³/mol. The minimum atomic E-state index is -3.66. The first kappa shape index (κ1) is 21.3. The summed E-state index contributed by atoms with van der Waals surface area (Å²) in [6.07, 6.45) is 0. The Hall–Kier alpha value is -2.98. The summed E-state index contributed by atoms with van der Waals surface area (Å²) in [4.78, 5) is 23.7. The number of carbonyl (C=O) groups excluding carboxylic acids is 2. The fourth-order valence-corrected chi connectivity index (χ4v) is 3.33. The number of amides is 2. The molecule has 0 radical (unpaired) electrons. The topological polar surface area (TPSA) is 114 Å². The van der Waals surface area contributed by atoms with Gasteiger partial charge in [0.05, 0.1) is 4.90 Å². The highest BCUT2D eigenvalue weighted by Crippen LogP contribution is 2.12. The average molecular weight is 409 g/mol. The summed E-state index contributed by atoms with van der Waals surface area (Å²) < 4.78 is 44.4. The molecule has 0 fully saturated rings. The normalized spacial score (nSPS) is 11.1. The second kappa shape index (κ2) is 9.29. The van der Waals surface area contributed by atoms with Gasteiger partial charge in [0.1, 0.15) is 11.6 Å². The molecule has 0 saturated heterocycles. The molecule has 0 aliphatic rings. The molecule has 10 heteroatoms. The maximum absolute atomic E-state index is 12.8. The fourth-order valence-electron chi connectivity index (χ4n) is 2.08. The van der Waals surface area contributed by atoms with Crippen molar-refractivity contribution in [3.05, 3.63) is 59.9 Å². The van der Waals surface area contributed by atoms with E-state index in [1.54, 1.807) is 13.8 Å². The van der Waals surface area contributed by atoms with Crippen LogP contribution in [0.1, 0.15) is 24.2 Å². The third-order valence-electron chi connectivity index (χ3n) is 3.32. The van der Waals surface area contributed by atoms with E-state index in [0.717, 1.165) is 0 Å². The number of carbonyl (C=O) groups is 2. The Kier molecular flexibility index (Phi) is 7.07. The first-order valence-corrected chi connectivity index (χ1v) is 9.75. The maximum atomic E-state index is 12.8. The molecule has 0 heterocycles. The van der Waals surface area contributed by atoms with Gasteiger partial charge in [-0.2, -0.15) is 0 Å². The Morgan fingerprint density at radius 2 is 1.61 bits per heavy atom. The molecule has 8 nitrogen and oxygen atoms in total. The van der Waals surface area contributed by atoms with Gasteiger partial charge in [0.15, 0.2) is 6.61 Å². The molecule has 3 N–H and O–H groups in total. The minimum Gasteiger partial charge on any atom is -0.484 e. The van der Waals surface area contributed by atoms with Crippen molar-refractivity contribution in [1.29, 1.82) is 0 Å². The number of ether oxygens (including phenoxy) is 1. The van der Waals surface area contributed by atoms with Gasteiger partial charge in [-0.05, 0) is 62.4 Å². The highest BCUT2D eigenvalue weighted by molar-refractivity contribution is 7.89. The van der Waals surface area contributed by atoms with Crippen LogP contribution in [0, 0.1) is 5.82 Å². The minimum absolute atomic E-state index is 0.0227. The molecule has 2 amide bonds. The zero-order valence-corrected chi connectivity index (χ0v) is 16.0. The molecule has 2 aromatic rings. The van der Waals surface area contributed by atoms with Gasteiger partial charge in [0, 0.05) is 11.6 Å². The molecule has 0 bridgehead atoms. The van der Waals surface area contributed by atoms with Gasteiger partial charge >= 0.3 is 0 Å². The molecule has 0 aliphatic heterocycles. The smallest absolute Gasteiger partial charge is 0.276 e. The molecule has 150 valence electrons. The summed E-state index contributed by atoms with van der Waals surface area (Å²) >= 11 is 0. The summed E-state index contributed by atoms with van der Waals surface area (Å²) in [6, 6.07) is 10.1. The zero-order chi connectivity index (χ0) is 20.7. The number of sulfonamides is 1. The van der Waals surface area contributed by atoms with Crippen molar-refractivity contribution in [1.82, 2.24) is 15.6 Å². The van der Waals surface area contributed by atoms with Crippen molar-refractivity contribution in [2.75, 3.05) is 6.61 Å². The molecule has 0 spiro atoms. The average Bonchev–Trinajstić information content (AvgIpc) is 2.64. The van der Waals surface area contributed by atoms with Gasteiger partial charge < -0.3 is 4.74 Å². The maximum Gasteiger partial charge on any atom is 0.276 e. The third kappa shape index (κ3) is 6.32. The summed E-state index contributed by atoms with van der Waals surface area (Å²) in [6.45, 7) is 3.01. The number of halogens is 1. The number of hydrazine groups is 1. The highest BCUT2D eigenvalue weighted by Gasteiger charge is 2.16. The van der Waals surface area contributed by atoms with Crippen molar-refractivity contribution in [2.24, 2.45) is 0 Å². The molecule has 0 saturated carbocycles. The Morgan fingerprint density at radius 3 is 2.18 bits per heavy atom. The monoisotopic (exact) mass is 409 g/mol. The summed E-state index contributed by atoms with van der Waals surface area (Å²) in [5.74, 6) is -1.38. The second-order valence-electron chi connectivity index (χ2n) is 6.05. The second-order valence-corrected chi connectivity index (χ2v) is 7.76. The zero-order valence-electron chi connectivity index (χ0n) is 15.2. The van der Waals surface area contributed by atoms with Crippen molar-refractivity contribution < 1.29 is 27.1 Å². The van der Waals surface area contributed by atoms with Crippen molar-refractivity contribution in [2.45, 2.75) is 24.8 Å². The van der Waals surface area contributed by atoms with Crippen LogP contribution in [0.2, 0.25) is 0 Å². The predicted octanol–water partition coefficient (Wildman–Crippen LogP) is 1.35. The first-order valence-electron chi connectivity index (χ1n) is 8.27. The molecule has 0 aliphatic carbocycles. The van der Waals surface area contributed by atoms with E-state index in [4.69, 9.17) is 4.74 Å². The highest BCUT2D eigenvalue weighted by atomic mass is 32.2. The number of hydrogen-bond donors (Lipinski definition) is 3. The van der Waals surface area contributed by atoms with Crippen LogP contribution in [0.25, 0.3) is 0 Å². The van der Waals surface area contributed by atoms with Crippen LogP contribution < -0.4 is 20.3 Å². The van der Waals surface area contributed by atoms with Gasteiger partial charge in [-0.15, -0.1) is 0 Å². The summed E-state index contributed by atoms with van der Waals surface area (Å²) in [5.41, 5.74) is 4.51. The molecule has 2 rings (SSSR count). The Balaban J connectivity index is 1.85. The number of hydrogen-bond acceptors (Lipinski definition) is 5.